The highest BCUT2D eigenvalue weighted by atomic mass is 35.5. The number of ether oxygens (including phenoxy) is 1. The van der Waals surface area contributed by atoms with Crippen LogP contribution in [0.1, 0.15) is 33.6 Å². The summed E-state index contributed by atoms with van der Waals surface area (Å²) in [5, 5.41) is 4.68. The molecule has 4 aromatic rings. The predicted octanol–water partition coefficient (Wildman–Crippen LogP) is 5.54. The van der Waals surface area contributed by atoms with Crippen LogP contribution in [0.2, 0.25) is 5.02 Å². The second-order valence-electron chi connectivity index (χ2n) is 8.11. The predicted molar refractivity (Wildman–Crippen MR) is 124 cm³/mol. The van der Waals surface area contributed by atoms with Crippen molar-refractivity contribution in [2.75, 3.05) is 7.11 Å². The lowest BCUT2D eigenvalue weighted by molar-refractivity contribution is -0.136. The maximum atomic E-state index is 14.0. The molecule has 0 atom stereocenters. The number of aryl methyl sites for hydroxylation is 2. The zero-order valence-corrected chi connectivity index (χ0v) is 20.0. The van der Waals surface area contributed by atoms with Crippen molar-refractivity contribution < 1.29 is 17.9 Å². The Balaban J connectivity index is 2.10. The molecule has 0 aliphatic carbocycles. The first kappa shape index (κ1) is 23.8. The third kappa shape index (κ3) is 3.83. The zero-order valence-electron chi connectivity index (χ0n) is 19.2. The zero-order chi connectivity index (χ0) is 24.9. The Bertz CT molecular complexity index is 1490. The highest BCUT2D eigenvalue weighted by Crippen LogP contribution is 2.37. The van der Waals surface area contributed by atoms with E-state index in [9.17, 15) is 18.0 Å². The topological polar surface area (TPSA) is 61.9 Å². The molecule has 3 heterocycles. The SMILES string of the molecule is COc1c(C)cnc(Cn2c(=O)cc(C(F)(F)F)c3c(C)nn(-c4cccc(Cl)c4C)c32)c1C. The Morgan fingerprint density at radius 1 is 1.12 bits per heavy atom. The molecule has 0 N–H and O–H groups in total. The Morgan fingerprint density at radius 2 is 1.82 bits per heavy atom. The average molecular weight is 491 g/mol. The molecular weight excluding hydrogens is 469 g/mol. The molecule has 4 rings (SSSR count). The van der Waals surface area contributed by atoms with Gasteiger partial charge in [-0.25, -0.2) is 4.68 Å². The average Bonchev–Trinajstić information content (AvgIpc) is 3.10. The molecule has 0 radical (unpaired) electrons. The summed E-state index contributed by atoms with van der Waals surface area (Å²) in [4.78, 5) is 17.5. The number of rotatable bonds is 4. The molecule has 3 aromatic heterocycles. The number of pyridine rings is 2. The minimum absolute atomic E-state index is 0.0171. The molecule has 0 saturated carbocycles. The molecule has 1 aromatic carbocycles. The normalized spacial score (nSPS) is 11.9. The second kappa shape index (κ2) is 8.47. The van der Waals surface area contributed by atoms with Crippen molar-refractivity contribution in [3.05, 3.63) is 79.5 Å². The van der Waals surface area contributed by atoms with Gasteiger partial charge in [0.05, 0.1) is 41.7 Å². The lowest BCUT2D eigenvalue weighted by atomic mass is 10.1. The van der Waals surface area contributed by atoms with Crippen molar-refractivity contribution in [3.8, 4) is 11.4 Å². The van der Waals surface area contributed by atoms with Gasteiger partial charge in [-0.3, -0.25) is 14.3 Å². The molecule has 10 heteroatoms. The minimum Gasteiger partial charge on any atom is -0.496 e. The summed E-state index contributed by atoms with van der Waals surface area (Å²) in [6.45, 7) is 6.80. The summed E-state index contributed by atoms with van der Waals surface area (Å²) in [6, 6.07) is 5.67. The summed E-state index contributed by atoms with van der Waals surface area (Å²) >= 11 is 6.28. The van der Waals surface area contributed by atoms with Crippen molar-refractivity contribution in [1.29, 1.82) is 0 Å². The number of hydrogen-bond donors (Lipinski definition) is 0. The highest BCUT2D eigenvalue weighted by Gasteiger charge is 2.36. The van der Waals surface area contributed by atoms with Crippen LogP contribution in [-0.2, 0) is 12.7 Å². The Labute approximate surface area is 198 Å². The van der Waals surface area contributed by atoms with Crippen LogP contribution in [0.5, 0.6) is 5.75 Å². The van der Waals surface area contributed by atoms with Gasteiger partial charge in [0.25, 0.3) is 5.56 Å². The molecule has 0 bridgehead atoms. The van der Waals surface area contributed by atoms with Gasteiger partial charge < -0.3 is 4.74 Å². The van der Waals surface area contributed by atoms with Crippen LogP contribution in [0.25, 0.3) is 16.7 Å². The molecule has 6 nitrogen and oxygen atoms in total. The first-order valence-electron chi connectivity index (χ1n) is 10.4. The van der Waals surface area contributed by atoms with Gasteiger partial charge in [0, 0.05) is 28.4 Å². The smallest absolute Gasteiger partial charge is 0.417 e. The molecule has 178 valence electrons. The summed E-state index contributed by atoms with van der Waals surface area (Å²) < 4.78 is 50.0. The van der Waals surface area contributed by atoms with Gasteiger partial charge in [0.2, 0.25) is 0 Å². The maximum absolute atomic E-state index is 14.0. The monoisotopic (exact) mass is 490 g/mol. The summed E-state index contributed by atoms with van der Waals surface area (Å²) in [5.41, 5.74) is 1.41. The third-order valence-corrected chi connectivity index (χ3v) is 6.33. The molecule has 0 aliphatic heterocycles. The Morgan fingerprint density at radius 3 is 2.47 bits per heavy atom. The van der Waals surface area contributed by atoms with E-state index < -0.39 is 17.3 Å². The fourth-order valence-electron chi connectivity index (χ4n) is 4.21. The van der Waals surface area contributed by atoms with Gasteiger partial charge in [0.1, 0.15) is 11.4 Å². The van der Waals surface area contributed by atoms with Crippen molar-refractivity contribution >= 4 is 22.6 Å². The van der Waals surface area contributed by atoms with Crippen LogP contribution in [-0.4, -0.2) is 26.4 Å². The van der Waals surface area contributed by atoms with E-state index in [1.54, 1.807) is 38.2 Å². The van der Waals surface area contributed by atoms with E-state index in [1.165, 1.54) is 23.3 Å². The van der Waals surface area contributed by atoms with Gasteiger partial charge in [0.15, 0.2) is 0 Å². The molecule has 0 amide bonds. The van der Waals surface area contributed by atoms with Crippen molar-refractivity contribution in [2.45, 2.75) is 40.4 Å². The van der Waals surface area contributed by atoms with E-state index in [-0.39, 0.29) is 23.3 Å². The van der Waals surface area contributed by atoms with Crippen LogP contribution >= 0.6 is 11.6 Å². The van der Waals surface area contributed by atoms with Crippen LogP contribution in [0.3, 0.4) is 0 Å². The number of hydrogen-bond acceptors (Lipinski definition) is 4. The summed E-state index contributed by atoms with van der Waals surface area (Å²) in [7, 11) is 1.53. The lowest BCUT2D eigenvalue weighted by Crippen LogP contribution is -2.26. The van der Waals surface area contributed by atoms with Crippen molar-refractivity contribution in [3.63, 3.8) is 0 Å². The quantitative estimate of drug-likeness (QED) is 0.376. The maximum Gasteiger partial charge on any atom is 0.417 e. The second-order valence-corrected chi connectivity index (χ2v) is 8.51. The van der Waals surface area contributed by atoms with Gasteiger partial charge in [-0.1, -0.05) is 17.7 Å². The number of nitrogens with zero attached hydrogens (tertiary/aromatic N) is 4. The fraction of sp³-hybridized carbons (Fsp3) is 0.292. The first-order valence-corrected chi connectivity index (χ1v) is 10.8. The fourth-order valence-corrected chi connectivity index (χ4v) is 4.38. The summed E-state index contributed by atoms with van der Waals surface area (Å²) in [5.74, 6) is 0.608. The summed E-state index contributed by atoms with van der Waals surface area (Å²) in [6.07, 6.45) is -3.13. The van der Waals surface area contributed by atoms with E-state index in [0.717, 1.165) is 5.56 Å². The standard InChI is InChI=1S/C24H22ClF3N4O2/c1-12-10-29-18(14(3)22(12)34-5)11-31-20(33)9-16(24(26,27)28)21-15(4)30-32(23(21)31)19-8-6-7-17(25)13(19)2/h6-10H,11H2,1-5H3. The Hall–Kier alpha value is -3.33. The number of halogens is 4. The molecular formula is C24H22ClF3N4O2. The number of aromatic nitrogens is 4. The van der Waals surface area contributed by atoms with Crippen LogP contribution in [0, 0.1) is 27.7 Å². The molecule has 0 unspecified atom stereocenters. The van der Waals surface area contributed by atoms with Gasteiger partial charge in [-0.05, 0) is 45.4 Å². The van der Waals surface area contributed by atoms with Crippen LogP contribution < -0.4 is 10.3 Å². The molecule has 0 saturated heterocycles. The largest absolute Gasteiger partial charge is 0.496 e. The van der Waals surface area contributed by atoms with E-state index >= 15 is 0 Å². The van der Waals surface area contributed by atoms with E-state index in [4.69, 9.17) is 16.3 Å². The number of fused-ring (bicyclic) bond motifs is 1. The van der Waals surface area contributed by atoms with Crippen LogP contribution in [0.15, 0.2) is 35.3 Å². The van der Waals surface area contributed by atoms with E-state index in [2.05, 4.69) is 10.1 Å². The van der Waals surface area contributed by atoms with Crippen molar-refractivity contribution in [2.24, 2.45) is 0 Å². The van der Waals surface area contributed by atoms with Crippen molar-refractivity contribution in [1.82, 2.24) is 19.3 Å². The number of benzene rings is 1. The van der Waals surface area contributed by atoms with Gasteiger partial charge >= 0.3 is 6.18 Å². The van der Waals surface area contributed by atoms with Crippen LogP contribution in [0.4, 0.5) is 13.2 Å². The van der Waals surface area contributed by atoms with Gasteiger partial charge in [-0.2, -0.15) is 18.3 Å². The number of methoxy groups -OCH3 is 1. The molecule has 0 fully saturated rings. The molecule has 0 spiro atoms. The van der Waals surface area contributed by atoms with Gasteiger partial charge in [-0.15, -0.1) is 0 Å². The minimum atomic E-state index is -4.74. The third-order valence-electron chi connectivity index (χ3n) is 5.93. The Kier molecular flexibility index (Phi) is 5.93. The highest BCUT2D eigenvalue weighted by molar-refractivity contribution is 6.31. The lowest BCUT2D eigenvalue weighted by Gasteiger charge is -2.17. The molecule has 34 heavy (non-hydrogen) atoms. The number of alkyl halides is 3. The molecule has 0 aliphatic rings. The first-order chi connectivity index (χ1) is 16.0. The van der Waals surface area contributed by atoms with E-state index in [0.29, 0.717) is 39.3 Å². The van der Waals surface area contributed by atoms with E-state index in [1.807, 2.05) is 6.92 Å².